The number of methoxy groups -OCH3 is 1. The summed E-state index contributed by atoms with van der Waals surface area (Å²) in [5, 5.41) is 3.63. The van der Waals surface area contributed by atoms with Crippen LogP contribution in [0.5, 0.6) is 5.75 Å². The van der Waals surface area contributed by atoms with E-state index in [4.69, 9.17) is 9.47 Å². The highest BCUT2D eigenvalue weighted by atomic mass is 79.9. The molecule has 0 spiro atoms. The molecule has 0 fully saturated rings. The van der Waals surface area contributed by atoms with Crippen LogP contribution in [0, 0.1) is 0 Å². The molecule has 6 heteroatoms. The van der Waals surface area contributed by atoms with Crippen LogP contribution in [-0.2, 0) is 9.53 Å². The van der Waals surface area contributed by atoms with Gasteiger partial charge in [0.05, 0.1) is 26.3 Å². The van der Waals surface area contributed by atoms with E-state index in [0.29, 0.717) is 6.61 Å². The van der Waals surface area contributed by atoms with Gasteiger partial charge in [-0.05, 0) is 53.9 Å². The van der Waals surface area contributed by atoms with Gasteiger partial charge < -0.3 is 14.8 Å². The molecule has 1 aliphatic heterocycles. The molecule has 1 aliphatic rings. The first-order chi connectivity index (χ1) is 15.1. The lowest BCUT2D eigenvalue weighted by molar-refractivity contribution is -0.145. The molecule has 2 unspecified atom stereocenters. The van der Waals surface area contributed by atoms with Gasteiger partial charge in [-0.15, -0.1) is 0 Å². The lowest BCUT2D eigenvalue weighted by atomic mass is 9.91. The summed E-state index contributed by atoms with van der Waals surface area (Å²) < 4.78 is 11.6. The smallest absolute Gasteiger partial charge is 0.320 e. The average Bonchev–Trinajstić information content (AvgIpc) is 2.79. The molecule has 3 aromatic carbocycles. The fraction of sp³-hybridized carbons (Fsp3) is 0.240. The zero-order valence-corrected chi connectivity index (χ0v) is 19.1. The van der Waals surface area contributed by atoms with E-state index in [1.807, 2.05) is 55.5 Å². The summed E-state index contributed by atoms with van der Waals surface area (Å²) in [7, 11) is 1.65. The Kier molecular flexibility index (Phi) is 6.59. The van der Waals surface area contributed by atoms with Crippen molar-refractivity contribution in [2.45, 2.75) is 19.1 Å². The van der Waals surface area contributed by atoms with Crippen molar-refractivity contribution in [3.63, 3.8) is 0 Å². The summed E-state index contributed by atoms with van der Waals surface area (Å²) in [6.45, 7) is 2.34. The number of nitrogens with zero attached hydrogens (tertiary/aromatic N) is 1. The van der Waals surface area contributed by atoms with E-state index < -0.39 is 0 Å². The fourth-order valence-electron chi connectivity index (χ4n) is 4.05. The lowest BCUT2D eigenvalue weighted by Crippen LogP contribution is -2.44. The SMILES string of the molecule is CCOC(=O)CN1C(c2ccc(OC)cc2)Nc2ccc(Br)cc2C1c1ccccc1. The van der Waals surface area contributed by atoms with Crippen molar-refractivity contribution in [3.8, 4) is 5.75 Å². The standard InChI is InChI=1S/C25H25BrN2O3/c1-3-31-23(29)16-28-24(17-7-5-4-6-8-17)21-15-19(26)11-14-22(21)27-25(28)18-9-12-20(30-2)13-10-18/h4-15,24-25,27H,3,16H2,1-2H3. The minimum atomic E-state index is -0.248. The van der Waals surface area contributed by atoms with Crippen LogP contribution in [0.2, 0.25) is 0 Å². The van der Waals surface area contributed by atoms with E-state index in [1.54, 1.807) is 7.11 Å². The number of hydrogen-bond acceptors (Lipinski definition) is 5. The van der Waals surface area contributed by atoms with Crippen LogP contribution in [0.25, 0.3) is 0 Å². The fourth-order valence-corrected chi connectivity index (χ4v) is 4.43. The number of hydrogen-bond donors (Lipinski definition) is 1. The van der Waals surface area contributed by atoms with Crippen LogP contribution in [0.4, 0.5) is 5.69 Å². The molecule has 0 saturated carbocycles. The number of fused-ring (bicyclic) bond motifs is 1. The van der Waals surface area contributed by atoms with Crippen LogP contribution in [-0.4, -0.2) is 31.1 Å². The van der Waals surface area contributed by atoms with Crippen molar-refractivity contribution >= 4 is 27.6 Å². The van der Waals surface area contributed by atoms with Crippen molar-refractivity contribution in [2.24, 2.45) is 0 Å². The Bertz CT molecular complexity index is 1040. The molecule has 1 N–H and O–H groups in total. The van der Waals surface area contributed by atoms with Gasteiger partial charge in [-0.25, -0.2) is 0 Å². The largest absolute Gasteiger partial charge is 0.497 e. The van der Waals surface area contributed by atoms with Crippen LogP contribution in [0.15, 0.2) is 77.3 Å². The van der Waals surface area contributed by atoms with Gasteiger partial charge in [0, 0.05) is 10.2 Å². The molecule has 0 aliphatic carbocycles. The molecule has 3 aromatic rings. The number of halogens is 1. The number of carbonyl (C=O) groups excluding carboxylic acids is 1. The maximum atomic E-state index is 12.6. The second-order valence-corrected chi connectivity index (χ2v) is 8.26. The van der Waals surface area contributed by atoms with Crippen LogP contribution >= 0.6 is 15.9 Å². The lowest BCUT2D eigenvalue weighted by Gasteiger charge is -2.44. The van der Waals surface area contributed by atoms with Gasteiger partial charge in [-0.1, -0.05) is 58.4 Å². The van der Waals surface area contributed by atoms with E-state index >= 15 is 0 Å². The molecule has 1 heterocycles. The highest BCUT2D eigenvalue weighted by molar-refractivity contribution is 9.10. The third-order valence-electron chi connectivity index (χ3n) is 5.43. The Hall–Kier alpha value is -2.83. The highest BCUT2D eigenvalue weighted by Gasteiger charge is 2.37. The molecule has 0 radical (unpaired) electrons. The summed E-state index contributed by atoms with van der Waals surface area (Å²) in [5.74, 6) is 0.544. The van der Waals surface area contributed by atoms with E-state index in [9.17, 15) is 4.79 Å². The molecular formula is C25H25BrN2O3. The van der Waals surface area contributed by atoms with Crippen LogP contribution in [0.1, 0.15) is 35.8 Å². The Morgan fingerprint density at radius 2 is 1.77 bits per heavy atom. The summed E-state index contributed by atoms with van der Waals surface area (Å²) in [6, 6.07) is 24.3. The predicted octanol–water partition coefficient (Wildman–Crippen LogP) is 5.54. The summed E-state index contributed by atoms with van der Waals surface area (Å²) >= 11 is 3.61. The van der Waals surface area contributed by atoms with E-state index in [1.165, 1.54) is 0 Å². The van der Waals surface area contributed by atoms with Crippen molar-refractivity contribution < 1.29 is 14.3 Å². The van der Waals surface area contributed by atoms with Crippen molar-refractivity contribution in [2.75, 3.05) is 25.6 Å². The first kappa shape index (κ1) is 21.4. The number of carbonyl (C=O) groups is 1. The molecule has 4 rings (SSSR count). The molecule has 0 amide bonds. The summed E-state index contributed by atoms with van der Waals surface area (Å²) in [6.07, 6.45) is -0.214. The first-order valence-electron chi connectivity index (χ1n) is 10.3. The van der Waals surface area contributed by atoms with Crippen LogP contribution in [0.3, 0.4) is 0 Å². The predicted molar refractivity (Wildman–Crippen MR) is 125 cm³/mol. The zero-order valence-electron chi connectivity index (χ0n) is 17.5. The van der Waals surface area contributed by atoms with Gasteiger partial charge in [0.2, 0.25) is 0 Å². The Balaban J connectivity index is 1.85. The number of nitrogens with one attached hydrogen (secondary N) is 1. The molecule has 5 nitrogen and oxygen atoms in total. The molecular weight excluding hydrogens is 456 g/mol. The molecule has 0 aromatic heterocycles. The van der Waals surface area contributed by atoms with Crippen LogP contribution < -0.4 is 10.1 Å². The van der Waals surface area contributed by atoms with E-state index in [0.717, 1.165) is 32.6 Å². The van der Waals surface area contributed by atoms with Gasteiger partial charge in [0.15, 0.2) is 0 Å². The minimum Gasteiger partial charge on any atom is -0.497 e. The summed E-state index contributed by atoms with van der Waals surface area (Å²) in [4.78, 5) is 14.8. The van der Waals surface area contributed by atoms with Gasteiger partial charge in [0.1, 0.15) is 11.9 Å². The topological polar surface area (TPSA) is 50.8 Å². The zero-order chi connectivity index (χ0) is 21.8. The van der Waals surface area contributed by atoms with E-state index in [-0.39, 0.29) is 24.7 Å². The quantitative estimate of drug-likeness (QED) is 0.469. The van der Waals surface area contributed by atoms with Crippen molar-refractivity contribution in [3.05, 3.63) is 94.0 Å². The monoisotopic (exact) mass is 480 g/mol. The third kappa shape index (κ3) is 4.60. The molecule has 0 bridgehead atoms. The van der Waals surface area contributed by atoms with Crippen molar-refractivity contribution in [1.82, 2.24) is 4.90 Å². The number of ether oxygens (including phenoxy) is 2. The second-order valence-electron chi connectivity index (χ2n) is 7.34. The van der Waals surface area contributed by atoms with Gasteiger partial charge in [-0.2, -0.15) is 0 Å². The van der Waals surface area contributed by atoms with Gasteiger partial charge in [0.25, 0.3) is 0 Å². The third-order valence-corrected chi connectivity index (χ3v) is 5.92. The normalized spacial score (nSPS) is 18.0. The highest BCUT2D eigenvalue weighted by Crippen LogP contribution is 2.44. The Morgan fingerprint density at radius 1 is 1.03 bits per heavy atom. The number of benzene rings is 3. The summed E-state index contributed by atoms with van der Waals surface area (Å²) in [5.41, 5.74) is 4.30. The minimum absolute atomic E-state index is 0.119. The maximum Gasteiger partial charge on any atom is 0.320 e. The van der Waals surface area contributed by atoms with Gasteiger partial charge in [-0.3, -0.25) is 9.69 Å². The molecule has 2 atom stereocenters. The number of rotatable bonds is 6. The molecule has 31 heavy (non-hydrogen) atoms. The second kappa shape index (κ2) is 9.54. The Morgan fingerprint density at radius 3 is 2.45 bits per heavy atom. The average molecular weight is 481 g/mol. The molecule has 0 saturated heterocycles. The Labute approximate surface area is 191 Å². The van der Waals surface area contributed by atoms with Crippen molar-refractivity contribution in [1.29, 1.82) is 0 Å². The maximum absolute atomic E-state index is 12.6. The molecule has 160 valence electrons. The number of anilines is 1. The van der Waals surface area contributed by atoms with E-state index in [2.05, 4.69) is 50.4 Å². The number of esters is 1. The first-order valence-corrected chi connectivity index (χ1v) is 11.1. The van der Waals surface area contributed by atoms with Gasteiger partial charge >= 0.3 is 5.97 Å².